The van der Waals surface area contributed by atoms with Crippen molar-refractivity contribution in [1.29, 1.82) is 0 Å². The molecule has 7 rings (SSSR count). The van der Waals surface area contributed by atoms with Gasteiger partial charge in [0.15, 0.2) is 23.0 Å². The van der Waals surface area contributed by atoms with Crippen molar-refractivity contribution in [3.63, 3.8) is 0 Å². The van der Waals surface area contributed by atoms with Gasteiger partial charge in [-0.3, -0.25) is 9.80 Å². The number of likely N-dealkylation sites (N-methyl/N-ethyl adjacent to an activating group) is 2. The van der Waals surface area contributed by atoms with Crippen LogP contribution in [0.3, 0.4) is 0 Å². The average Bonchev–Trinajstić information content (AvgIpc) is 3.02. The summed E-state index contributed by atoms with van der Waals surface area (Å²) in [5, 5.41) is 22.8. The number of hydrogen-bond donors (Lipinski definition) is 2. The van der Waals surface area contributed by atoms with Gasteiger partial charge in [0.2, 0.25) is 11.5 Å². The molecule has 44 heavy (non-hydrogen) atoms. The summed E-state index contributed by atoms with van der Waals surface area (Å²) >= 11 is 0. The second kappa shape index (κ2) is 11.3. The summed E-state index contributed by atoms with van der Waals surface area (Å²) in [7, 11) is 7.40. The lowest BCUT2D eigenvalue weighted by Crippen LogP contribution is -2.34. The van der Waals surface area contributed by atoms with Gasteiger partial charge in [0.1, 0.15) is 11.5 Å². The van der Waals surface area contributed by atoms with E-state index in [1.165, 1.54) is 0 Å². The minimum atomic E-state index is -0.0637. The van der Waals surface area contributed by atoms with Gasteiger partial charge in [0.25, 0.3) is 0 Å². The molecule has 0 amide bonds. The monoisotopic (exact) mass is 594 g/mol. The van der Waals surface area contributed by atoms with Crippen LogP contribution in [0.15, 0.2) is 60.7 Å². The first kappa shape index (κ1) is 28.4. The summed E-state index contributed by atoms with van der Waals surface area (Å²) in [6.07, 6.45) is 2.94. The van der Waals surface area contributed by atoms with E-state index >= 15 is 0 Å². The number of hydrogen-bond acceptors (Lipinski definition) is 8. The summed E-state index contributed by atoms with van der Waals surface area (Å²) in [4.78, 5) is 4.63. The van der Waals surface area contributed by atoms with Crippen molar-refractivity contribution in [2.75, 3.05) is 41.4 Å². The first-order valence-corrected chi connectivity index (χ1v) is 15.1. The first-order valence-electron chi connectivity index (χ1n) is 15.1. The highest BCUT2D eigenvalue weighted by molar-refractivity contribution is 5.63. The molecule has 3 aliphatic heterocycles. The molecule has 2 N–H and O–H groups in total. The van der Waals surface area contributed by atoms with Crippen LogP contribution in [0.1, 0.15) is 45.5 Å². The van der Waals surface area contributed by atoms with Crippen molar-refractivity contribution >= 4 is 0 Å². The third-order valence-electron chi connectivity index (χ3n) is 9.43. The molecule has 0 saturated carbocycles. The zero-order chi connectivity index (χ0) is 30.5. The Morgan fingerprint density at radius 2 is 1.41 bits per heavy atom. The highest BCUT2D eigenvalue weighted by Crippen LogP contribution is 2.51. The second-order valence-electron chi connectivity index (χ2n) is 12.1. The van der Waals surface area contributed by atoms with Crippen LogP contribution in [-0.4, -0.2) is 61.4 Å². The standard InChI is InChI=1S/C36H38N2O6/c1-37-14-12-26-27-20-31(34(40)35(26)42-4)43-24-9-5-8-22(15-24)18-29-32-23(11-13-38(29)2)19-30(41-3)33(39)36(32)44-25-10-6-7-21(16-25)17-28(27)37/h5-10,15-16,19-20,28-29,39-40H,11-14,17-18H2,1-4H3. The van der Waals surface area contributed by atoms with Crippen LogP contribution in [0, 0.1) is 0 Å². The summed E-state index contributed by atoms with van der Waals surface area (Å²) in [6.45, 7) is 1.68. The minimum absolute atomic E-state index is 0.00204. The molecule has 3 aliphatic rings. The number of rotatable bonds is 2. The molecule has 0 fully saturated rings. The van der Waals surface area contributed by atoms with Crippen molar-refractivity contribution in [2.24, 2.45) is 0 Å². The van der Waals surface area contributed by atoms with E-state index in [1.807, 2.05) is 48.5 Å². The molecule has 0 radical (unpaired) electrons. The van der Waals surface area contributed by atoms with Crippen LogP contribution in [0.25, 0.3) is 0 Å². The maximum absolute atomic E-state index is 11.5. The third kappa shape index (κ3) is 4.88. The largest absolute Gasteiger partial charge is 0.502 e. The van der Waals surface area contributed by atoms with E-state index in [0.717, 1.165) is 59.3 Å². The topological polar surface area (TPSA) is 83.9 Å². The molecule has 228 valence electrons. The van der Waals surface area contributed by atoms with Gasteiger partial charge in [-0.05, 0) is 98.4 Å². The van der Waals surface area contributed by atoms with Crippen molar-refractivity contribution in [3.05, 3.63) is 94.0 Å². The maximum atomic E-state index is 11.5. The van der Waals surface area contributed by atoms with Crippen LogP contribution < -0.4 is 18.9 Å². The fourth-order valence-corrected chi connectivity index (χ4v) is 7.10. The van der Waals surface area contributed by atoms with Crippen molar-refractivity contribution in [2.45, 2.75) is 37.8 Å². The summed E-state index contributed by atoms with van der Waals surface area (Å²) < 4.78 is 24.4. The average molecular weight is 595 g/mol. The molecular weight excluding hydrogens is 556 g/mol. The molecule has 0 spiro atoms. The molecule has 3 heterocycles. The molecule has 0 aromatic heterocycles. The number of ether oxygens (including phenoxy) is 4. The molecule has 0 saturated heterocycles. The second-order valence-corrected chi connectivity index (χ2v) is 12.1. The van der Waals surface area contributed by atoms with Crippen LogP contribution in [-0.2, 0) is 25.7 Å². The van der Waals surface area contributed by atoms with E-state index in [-0.39, 0.29) is 23.6 Å². The molecule has 4 aromatic carbocycles. The van der Waals surface area contributed by atoms with Gasteiger partial charge in [0, 0.05) is 36.3 Å². The van der Waals surface area contributed by atoms with Gasteiger partial charge in [-0.25, -0.2) is 0 Å². The lowest BCUT2D eigenvalue weighted by atomic mass is 9.87. The van der Waals surface area contributed by atoms with Crippen LogP contribution in [0.4, 0.5) is 0 Å². The number of aromatic hydroxyl groups is 2. The molecule has 8 heteroatoms. The lowest BCUT2D eigenvalue weighted by Gasteiger charge is -2.36. The first-order chi connectivity index (χ1) is 21.3. The van der Waals surface area contributed by atoms with E-state index in [4.69, 9.17) is 18.9 Å². The molecular formula is C36H38N2O6. The number of benzene rings is 4. The van der Waals surface area contributed by atoms with Gasteiger partial charge in [-0.2, -0.15) is 0 Å². The fourth-order valence-electron chi connectivity index (χ4n) is 7.10. The van der Waals surface area contributed by atoms with Gasteiger partial charge < -0.3 is 29.2 Å². The molecule has 8 nitrogen and oxygen atoms in total. The number of phenolic OH excluding ortho intramolecular Hbond substituents is 2. The fraction of sp³-hybridized carbons (Fsp3) is 0.333. The summed E-state index contributed by atoms with van der Waals surface area (Å²) in [5.41, 5.74) is 6.28. The number of phenols is 2. The quantitative estimate of drug-likeness (QED) is 0.270. The Morgan fingerprint density at radius 3 is 2.11 bits per heavy atom. The van der Waals surface area contributed by atoms with E-state index in [9.17, 15) is 10.2 Å². The summed E-state index contributed by atoms with van der Waals surface area (Å²) in [6, 6.07) is 19.9. The molecule has 0 aliphatic carbocycles. The summed E-state index contributed by atoms with van der Waals surface area (Å²) in [5.74, 6) is 2.98. The van der Waals surface area contributed by atoms with Gasteiger partial charge >= 0.3 is 0 Å². The Kier molecular flexibility index (Phi) is 7.26. The van der Waals surface area contributed by atoms with Crippen LogP contribution >= 0.6 is 0 Å². The molecule has 2 atom stereocenters. The third-order valence-corrected chi connectivity index (χ3v) is 9.43. The lowest BCUT2D eigenvalue weighted by molar-refractivity contribution is 0.222. The zero-order valence-corrected chi connectivity index (χ0v) is 25.6. The van der Waals surface area contributed by atoms with E-state index in [2.05, 4.69) is 36.0 Å². The molecule has 2 unspecified atom stereocenters. The van der Waals surface area contributed by atoms with Gasteiger partial charge in [-0.1, -0.05) is 24.3 Å². The van der Waals surface area contributed by atoms with Crippen molar-refractivity contribution in [3.8, 4) is 46.0 Å². The normalized spacial score (nSPS) is 19.6. The Hall–Kier alpha value is -4.40. The zero-order valence-electron chi connectivity index (χ0n) is 25.6. The van der Waals surface area contributed by atoms with Gasteiger partial charge in [-0.15, -0.1) is 0 Å². The number of methoxy groups -OCH3 is 2. The number of nitrogens with zero attached hydrogens (tertiary/aromatic N) is 2. The highest BCUT2D eigenvalue weighted by Gasteiger charge is 2.34. The van der Waals surface area contributed by atoms with E-state index in [0.29, 0.717) is 47.3 Å². The van der Waals surface area contributed by atoms with Crippen molar-refractivity contribution in [1.82, 2.24) is 9.80 Å². The van der Waals surface area contributed by atoms with Gasteiger partial charge in [0.05, 0.1) is 14.2 Å². The number of fused-ring (bicyclic) bond motifs is 5. The van der Waals surface area contributed by atoms with E-state index in [1.54, 1.807) is 14.2 Å². The van der Waals surface area contributed by atoms with Crippen molar-refractivity contribution < 1.29 is 29.2 Å². The Labute approximate surface area is 258 Å². The molecule has 6 bridgehead atoms. The van der Waals surface area contributed by atoms with E-state index < -0.39 is 0 Å². The SMILES string of the molecule is COc1cc2c3c(c1O)Oc1cccc(c1)CC1c4cc(c(O)c(OC)c4CCN1C)Oc1cccc(c1)CC3N(C)CC2. The minimum Gasteiger partial charge on any atom is -0.502 e. The Morgan fingerprint density at radius 1 is 0.750 bits per heavy atom. The maximum Gasteiger partial charge on any atom is 0.201 e. The van der Waals surface area contributed by atoms with Crippen LogP contribution in [0.2, 0.25) is 0 Å². The highest BCUT2D eigenvalue weighted by atomic mass is 16.5. The molecule has 4 aromatic rings. The smallest absolute Gasteiger partial charge is 0.201 e. The predicted octanol–water partition coefficient (Wildman–Crippen LogP) is 6.56. The predicted molar refractivity (Wildman–Crippen MR) is 168 cm³/mol. The Balaban J connectivity index is 1.44. The van der Waals surface area contributed by atoms with Crippen LogP contribution in [0.5, 0.6) is 46.0 Å². The Bertz CT molecular complexity index is 1740.